The van der Waals surface area contributed by atoms with Crippen molar-refractivity contribution in [1.82, 2.24) is 15.3 Å². The van der Waals surface area contributed by atoms with Crippen LogP contribution in [0, 0.1) is 0 Å². The highest BCUT2D eigenvalue weighted by Gasteiger charge is 2.34. The molecule has 4 rings (SSSR count). The van der Waals surface area contributed by atoms with E-state index in [4.69, 9.17) is 0 Å². The van der Waals surface area contributed by atoms with Crippen molar-refractivity contribution >= 4 is 21.6 Å². The lowest BCUT2D eigenvalue weighted by atomic mass is 10.1. The Morgan fingerprint density at radius 1 is 1.08 bits per heavy atom. The molecule has 0 amide bonds. The monoisotopic (exact) mass is 367 g/mol. The molecule has 1 aromatic rings. The number of aliphatic hydroxyl groups is 1. The number of piperazine rings is 1. The van der Waals surface area contributed by atoms with E-state index in [1.54, 1.807) is 0 Å². The van der Waals surface area contributed by atoms with Crippen LogP contribution in [0.15, 0.2) is 4.90 Å². The summed E-state index contributed by atoms with van der Waals surface area (Å²) >= 11 is 0. The van der Waals surface area contributed by atoms with Crippen LogP contribution in [0.4, 0.5) is 11.8 Å². The fourth-order valence-corrected chi connectivity index (χ4v) is 5.55. The molecular formula is C16H25N5O3S. The van der Waals surface area contributed by atoms with Crippen molar-refractivity contribution in [1.29, 1.82) is 0 Å². The number of sulfone groups is 1. The SMILES string of the molecule is O=S1(=O)CCCc2nc(N3CCNCC3)nc(N3CCCC(O)C3)c21. The van der Waals surface area contributed by atoms with E-state index >= 15 is 0 Å². The number of piperidine rings is 1. The van der Waals surface area contributed by atoms with Gasteiger partial charge in [0.25, 0.3) is 0 Å². The molecule has 1 atom stereocenters. The molecular weight excluding hydrogens is 342 g/mol. The Hall–Kier alpha value is -1.45. The molecule has 1 aromatic heterocycles. The normalized spacial score (nSPS) is 26.4. The summed E-state index contributed by atoms with van der Waals surface area (Å²) in [5.74, 6) is 1.27. The number of hydrogen-bond acceptors (Lipinski definition) is 8. The Morgan fingerprint density at radius 2 is 1.88 bits per heavy atom. The van der Waals surface area contributed by atoms with Gasteiger partial charge in [-0.15, -0.1) is 0 Å². The van der Waals surface area contributed by atoms with E-state index in [1.165, 1.54) is 0 Å². The average molecular weight is 367 g/mol. The number of rotatable bonds is 2. The molecule has 8 nitrogen and oxygen atoms in total. The third-order valence-corrected chi connectivity index (χ3v) is 7.01. The summed E-state index contributed by atoms with van der Waals surface area (Å²) in [6.45, 7) is 4.52. The second-order valence-electron chi connectivity index (χ2n) is 7.02. The molecule has 2 fully saturated rings. The Bertz CT molecular complexity index is 748. The molecule has 25 heavy (non-hydrogen) atoms. The first-order chi connectivity index (χ1) is 12.0. The molecule has 9 heteroatoms. The van der Waals surface area contributed by atoms with Crippen molar-refractivity contribution in [2.45, 2.75) is 36.7 Å². The van der Waals surface area contributed by atoms with Crippen LogP contribution in [0.5, 0.6) is 0 Å². The third-order valence-electron chi connectivity index (χ3n) is 5.14. The van der Waals surface area contributed by atoms with Crippen molar-refractivity contribution in [2.75, 3.05) is 54.8 Å². The number of fused-ring (bicyclic) bond motifs is 1. The predicted molar refractivity (Wildman–Crippen MR) is 94.9 cm³/mol. The van der Waals surface area contributed by atoms with Gasteiger partial charge in [0.15, 0.2) is 15.7 Å². The van der Waals surface area contributed by atoms with Crippen molar-refractivity contribution in [2.24, 2.45) is 0 Å². The largest absolute Gasteiger partial charge is 0.391 e. The van der Waals surface area contributed by atoms with Gasteiger partial charge in [0.1, 0.15) is 4.90 Å². The van der Waals surface area contributed by atoms with Gasteiger partial charge in [-0.1, -0.05) is 0 Å². The van der Waals surface area contributed by atoms with Gasteiger partial charge in [0, 0.05) is 39.3 Å². The zero-order valence-electron chi connectivity index (χ0n) is 14.3. The summed E-state index contributed by atoms with van der Waals surface area (Å²) in [7, 11) is -3.37. The third kappa shape index (κ3) is 3.32. The van der Waals surface area contributed by atoms with Crippen molar-refractivity contribution in [3.8, 4) is 0 Å². The van der Waals surface area contributed by atoms with Gasteiger partial charge in [-0.2, -0.15) is 4.98 Å². The molecule has 3 aliphatic heterocycles. The first-order valence-electron chi connectivity index (χ1n) is 9.07. The smallest absolute Gasteiger partial charge is 0.227 e. The van der Waals surface area contributed by atoms with Gasteiger partial charge in [0.2, 0.25) is 5.95 Å². The minimum atomic E-state index is -3.37. The fraction of sp³-hybridized carbons (Fsp3) is 0.750. The molecule has 2 saturated heterocycles. The maximum absolute atomic E-state index is 12.7. The Balaban J connectivity index is 1.80. The minimum Gasteiger partial charge on any atom is -0.391 e. The van der Waals surface area contributed by atoms with E-state index in [0.717, 1.165) is 45.6 Å². The second kappa shape index (κ2) is 6.69. The van der Waals surface area contributed by atoms with Gasteiger partial charge in [-0.05, 0) is 25.7 Å². The van der Waals surface area contributed by atoms with Gasteiger partial charge < -0.3 is 20.2 Å². The average Bonchev–Trinajstić information content (AvgIpc) is 2.61. The topological polar surface area (TPSA) is 98.7 Å². The summed E-state index contributed by atoms with van der Waals surface area (Å²) < 4.78 is 25.4. The van der Waals surface area contributed by atoms with Gasteiger partial charge in [0.05, 0.1) is 17.6 Å². The second-order valence-corrected chi connectivity index (χ2v) is 9.07. The van der Waals surface area contributed by atoms with Gasteiger partial charge in [-0.25, -0.2) is 13.4 Å². The predicted octanol–water partition coefficient (Wildman–Crippen LogP) is -0.433. The van der Waals surface area contributed by atoms with Crippen LogP contribution in [0.25, 0.3) is 0 Å². The summed E-state index contributed by atoms with van der Waals surface area (Å²) in [6.07, 6.45) is 2.42. The van der Waals surface area contributed by atoms with E-state index < -0.39 is 15.9 Å². The summed E-state index contributed by atoms with van der Waals surface area (Å²) in [4.78, 5) is 13.7. The molecule has 0 radical (unpaired) electrons. The van der Waals surface area contributed by atoms with E-state index in [1.807, 2.05) is 4.90 Å². The van der Waals surface area contributed by atoms with Crippen molar-refractivity contribution in [3.05, 3.63) is 5.69 Å². The highest BCUT2D eigenvalue weighted by atomic mass is 32.2. The highest BCUT2D eigenvalue weighted by Crippen LogP contribution is 2.34. The number of nitrogens with zero attached hydrogens (tertiary/aromatic N) is 4. The van der Waals surface area contributed by atoms with E-state index in [9.17, 15) is 13.5 Å². The van der Waals surface area contributed by atoms with Crippen LogP contribution in [-0.4, -0.2) is 74.6 Å². The van der Waals surface area contributed by atoms with Crippen molar-refractivity contribution in [3.63, 3.8) is 0 Å². The van der Waals surface area contributed by atoms with Crippen LogP contribution < -0.4 is 15.1 Å². The van der Waals surface area contributed by atoms with Crippen LogP contribution in [0.2, 0.25) is 0 Å². The highest BCUT2D eigenvalue weighted by molar-refractivity contribution is 7.91. The lowest BCUT2D eigenvalue weighted by Crippen LogP contribution is -2.45. The Labute approximate surface area is 148 Å². The van der Waals surface area contributed by atoms with Crippen LogP contribution in [0.3, 0.4) is 0 Å². The summed E-state index contributed by atoms with van der Waals surface area (Å²) in [6, 6.07) is 0. The maximum Gasteiger partial charge on any atom is 0.227 e. The number of β-amino-alcohol motifs (C(OH)–C–C–N with tert-alkyl or cyclic N) is 1. The molecule has 0 saturated carbocycles. The number of hydrogen-bond donors (Lipinski definition) is 2. The molecule has 0 spiro atoms. The molecule has 0 aliphatic carbocycles. The molecule has 1 unspecified atom stereocenters. The van der Waals surface area contributed by atoms with E-state index in [0.29, 0.717) is 41.7 Å². The minimum absolute atomic E-state index is 0.153. The number of aromatic nitrogens is 2. The standard InChI is InChI=1S/C16H25N5O3S/c22-12-3-1-7-21(11-12)15-14-13(4-2-10-25(14,23)24)18-16(19-15)20-8-5-17-6-9-20/h12,17,22H,1-11H2. The van der Waals surface area contributed by atoms with Gasteiger partial charge >= 0.3 is 0 Å². The molecule has 4 heterocycles. The van der Waals surface area contributed by atoms with E-state index in [2.05, 4.69) is 20.2 Å². The summed E-state index contributed by atoms with van der Waals surface area (Å²) in [5.41, 5.74) is 0.643. The lowest BCUT2D eigenvalue weighted by Gasteiger charge is -2.35. The van der Waals surface area contributed by atoms with Crippen molar-refractivity contribution < 1.29 is 13.5 Å². The van der Waals surface area contributed by atoms with E-state index in [-0.39, 0.29) is 5.75 Å². The summed E-state index contributed by atoms with van der Waals surface area (Å²) in [5, 5.41) is 13.3. The quantitative estimate of drug-likeness (QED) is 0.726. The zero-order chi connectivity index (χ0) is 17.4. The first kappa shape index (κ1) is 17.0. The Kier molecular flexibility index (Phi) is 4.55. The first-order valence-corrected chi connectivity index (χ1v) is 10.7. The number of nitrogens with one attached hydrogen (secondary N) is 1. The molecule has 2 N–H and O–H groups in total. The van der Waals surface area contributed by atoms with Crippen LogP contribution in [-0.2, 0) is 16.3 Å². The Morgan fingerprint density at radius 3 is 2.64 bits per heavy atom. The van der Waals surface area contributed by atoms with Crippen LogP contribution >= 0.6 is 0 Å². The lowest BCUT2D eigenvalue weighted by molar-refractivity contribution is 0.153. The maximum atomic E-state index is 12.7. The number of anilines is 2. The number of aliphatic hydroxyl groups excluding tert-OH is 1. The molecule has 0 bridgehead atoms. The molecule has 138 valence electrons. The molecule has 3 aliphatic rings. The molecule has 0 aromatic carbocycles. The van der Waals surface area contributed by atoms with Crippen LogP contribution in [0.1, 0.15) is 25.0 Å². The zero-order valence-corrected chi connectivity index (χ0v) is 15.1. The fourth-order valence-electron chi connectivity index (χ4n) is 3.86. The number of aryl methyl sites for hydroxylation is 1. The van der Waals surface area contributed by atoms with Gasteiger partial charge in [-0.3, -0.25) is 0 Å².